The Labute approximate surface area is 79.9 Å². The van der Waals surface area contributed by atoms with Gasteiger partial charge in [-0.15, -0.1) is 0 Å². The summed E-state index contributed by atoms with van der Waals surface area (Å²) in [7, 11) is 0. The van der Waals surface area contributed by atoms with Gasteiger partial charge in [0.05, 0.1) is 6.61 Å². The molecule has 0 amide bonds. The molecule has 0 radical (unpaired) electrons. The van der Waals surface area contributed by atoms with Crippen molar-refractivity contribution in [1.29, 1.82) is 0 Å². The fourth-order valence-corrected chi connectivity index (χ4v) is 1.44. The van der Waals surface area contributed by atoms with Crippen LogP contribution in [0.2, 0.25) is 0 Å². The maximum Gasteiger partial charge on any atom is 0.114 e. The molecule has 58 valence electrons. The van der Waals surface area contributed by atoms with Gasteiger partial charge in [-0.05, 0) is 47.2 Å². The molecular formula is C9H9IO. The molecule has 1 aliphatic heterocycles. The SMILES string of the molecule is CC1(c2ccc(I)cc2)CO1. The summed E-state index contributed by atoms with van der Waals surface area (Å²) in [5.41, 5.74) is 1.32. The van der Waals surface area contributed by atoms with Crippen LogP contribution in [-0.4, -0.2) is 6.61 Å². The molecule has 0 bridgehead atoms. The zero-order valence-corrected chi connectivity index (χ0v) is 8.46. The van der Waals surface area contributed by atoms with Crippen LogP contribution in [0.15, 0.2) is 24.3 Å². The first-order valence-electron chi connectivity index (χ1n) is 3.61. The van der Waals surface area contributed by atoms with E-state index in [0.717, 1.165) is 6.61 Å². The summed E-state index contributed by atoms with van der Waals surface area (Å²) >= 11 is 2.30. The van der Waals surface area contributed by atoms with Crippen molar-refractivity contribution in [2.75, 3.05) is 6.61 Å². The van der Waals surface area contributed by atoms with Gasteiger partial charge in [0.1, 0.15) is 5.60 Å². The Morgan fingerprint density at radius 3 is 2.36 bits per heavy atom. The van der Waals surface area contributed by atoms with Crippen LogP contribution in [0, 0.1) is 3.57 Å². The zero-order valence-electron chi connectivity index (χ0n) is 6.30. The minimum atomic E-state index is 0.0321. The first-order chi connectivity index (χ1) is 5.21. The minimum Gasteiger partial charge on any atom is -0.365 e. The van der Waals surface area contributed by atoms with E-state index in [1.54, 1.807) is 0 Å². The van der Waals surface area contributed by atoms with Crippen molar-refractivity contribution in [3.8, 4) is 0 Å². The minimum absolute atomic E-state index is 0.0321. The summed E-state index contributed by atoms with van der Waals surface area (Å²) in [5.74, 6) is 0. The summed E-state index contributed by atoms with van der Waals surface area (Å²) in [4.78, 5) is 0. The number of epoxide rings is 1. The van der Waals surface area contributed by atoms with Crippen molar-refractivity contribution in [2.45, 2.75) is 12.5 Å². The Bertz CT molecular complexity index is 261. The predicted molar refractivity (Wildman–Crippen MR) is 52.5 cm³/mol. The van der Waals surface area contributed by atoms with Crippen LogP contribution in [-0.2, 0) is 10.3 Å². The number of hydrogen-bond acceptors (Lipinski definition) is 1. The third kappa shape index (κ3) is 1.42. The molecule has 1 heterocycles. The van der Waals surface area contributed by atoms with E-state index in [1.807, 2.05) is 0 Å². The van der Waals surface area contributed by atoms with E-state index in [0.29, 0.717) is 0 Å². The Morgan fingerprint density at radius 2 is 1.91 bits per heavy atom. The summed E-state index contributed by atoms with van der Waals surface area (Å²) in [5, 5.41) is 0. The molecule has 2 heteroatoms. The molecule has 0 saturated carbocycles. The molecule has 0 spiro atoms. The van der Waals surface area contributed by atoms with Crippen molar-refractivity contribution in [3.05, 3.63) is 33.4 Å². The third-order valence-corrected chi connectivity index (χ3v) is 2.75. The standard InChI is InChI=1S/C9H9IO/c1-9(6-11-9)7-2-4-8(10)5-3-7/h2-5H,6H2,1H3. The van der Waals surface area contributed by atoms with E-state index in [1.165, 1.54) is 9.13 Å². The fraction of sp³-hybridized carbons (Fsp3) is 0.333. The van der Waals surface area contributed by atoms with E-state index in [-0.39, 0.29) is 5.60 Å². The van der Waals surface area contributed by atoms with Gasteiger partial charge in [0.25, 0.3) is 0 Å². The van der Waals surface area contributed by atoms with Crippen LogP contribution in [0.3, 0.4) is 0 Å². The van der Waals surface area contributed by atoms with E-state index in [4.69, 9.17) is 4.74 Å². The molecule has 1 unspecified atom stereocenters. The van der Waals surface area contributed by atoms with Gasteiger partial charge in [0.15, 0.2) is 0 Å². The lowest BCUT2D eigenvalue weighted by Crippen LogP contribution is -2.00. The average molecular weight is 260 g/mol. The summed E-state index contributed by atoms with van der Waals surface area (Å²) < 4.78 is 6.59. The van der Waals surface area contributed by atoms with Crippen LogP contribution in [0.25, 0.3) is 0 Å². The van der Waals surface area contributed by atoms with Gasteiger partial charge in [0, 0.05) is 3.57 Å². The molecule has 0 aliphatic carbocycles. The van der Waals surface area contributed by atoms with Gasteiger partial charge in [-0.1, -0.05) is 12.1 Å². The van der Waals surface area contributed by atoms with Crippen molar-refractivity contribution >= 4 is 22.6 Å². The van der Waals surface area contributed by atoms with Crippen molar-refractivity contribution in [1.82, 2.24) is 0 Å². The van der Waals surface area contributed by atoms with E-state index < -0.39 is 0 Å². The largest absolute Gasteiger partial charge is 0.365 e. The molecule has 11 heavy (non-hydrogen) atoms. The molecule has 0 aromatic heterocycles. The maximum atomic E-state index is 5.32. The van der Waals surface area contributed by atoms with E-state index in [9.17, 15) is 0 Å². The summed E-state index contributed by atoms with van der Waals surface area (Å²) in [6.45, 7) is 2.99. The van der Waals surface area contributed by atoms with Crippen LogP contribution in [0.1, 0.15) is 12.5 Å². The highest BCUT2D eigenvalue weighted by Gasteiger charge is 2.40. The van der Waals surface area contributed by atoms with Gasteiger partial charge >= 0.3 is 0 Å². The molecule has 1 nitrogen and oxygen atoms in total. The van der Waals surface area contributed by atoms with Gasteiger partial charge in [0.2, 0.25) is 0 Å². The highest BCUT2D eigenvalue weighted by molar-refractivity contribution is 14.1. The number of ether oxygens (including phenoxy) is 1. The Kier molecular flexibility index (Phi) is 1.68. The van der Waals surface area contributed by atoms with Gasteiger partial charge in [-0.2, -0.15) is 0 Å². The van der Waals surface area contributed by atoms with Gasteiger partial charge in [-0.25, -0.2) is 0 Å². The molecule has 2 rings (SSSR count). The quantitative estimate of drug-likeness (QED) is 0.558. The molecule has 1 saturated heterocycles. The Morgan fingerprint density at radius 1 is 1.36 bits per heavy atom. The van der Waals surface area contributed by atoms with Crippen molar-refractivity contribution in [3.63, 3.8) is 0 Å². The lowest BCUT2D eigenvalue weighted by atomic mass is 10.0. The van der Waals surface area contributed by atoms with Crippen molar-refractivity contribution < 1.29 is 4.74 Å². The molecule has 1 aromatic rings. The van der Waals surface area contributed by atoms with Crippen molar-refractivity contribution in [2.24, 2.45) is 0 Å². The molecule has 1 aliphatic rings. The average Bonchev–Trinajstić information content (AvgIpc) is 2.70. The first kappa shape index (κ1) is 7.55. The number of rotatable bonds is 1. The molecular weight excluding hydrogens is 251 g/mol. The first-order valence-corrected chi connectivity index (χ1v) is 4.69. The normalized spacial score (nSPS) is 28.5. The van der Waals surface area contributed by atoms with E-state index >= 15 is 0 Å². The molecule has 1 aromatic carbocycles. The monoisotopic (exact) mass is 260 g/mol. The zero-order chi connectivity index (χ0) is 7.90. The van der Waals surface area contributed by atoms with Crippen LogP contribution in [0.4, 0.5) is 0 Å². The second-order valence-electron chi connectivity index (χ2n) is 3.03. The second-order valence-corrected chi connectivity index (χ2v) is 4.27. The van der Waals surface area contributed by atoms with Gasteiger partial charge < -0.3 is 4.74 Å². The number of halogens is 1. The Balaban J connectivity index is 2.33. The molecule has 1 fully saturated rings. The summed E-state index contributed by atoms with van der Waals surface area (Å²) in [6, 6.07) is 8.50. The highest BCUT2D eigenvalue weighted by Crippen LogP contribution is 2.37. The van der Waals surface area contributed by atoms with Crippen LogP contribution < -0.4 is 0 Å². The fourth-order valence-electron chi connectivity index (χ4n) is 1.08. The van der Waals surface area contributed by atoms with E-state index in [2.05, 4.69) is 53.8 Å². The predicted octanol–water partition coefficient (Wildman–Crippen LogP) is 2.54. The number of hydrogen-bond donors (Lipinski definition) is 0. The molecule has 1 atom stereocenters. The van der Waals surface area contributed by atoms with Gasteiger partial charge in [-0.3, -0.25) is 0 Å². The van der Waals surface area contributed by atoms with Crippen LogP contribution in [0.5, 0.6) is 0 Å². The Hall–Kier alpha value is -0.0900. The topological polar surface area (TPSA) is 12.5 Å². The lowest BCUT2D eigenvalue weighted by Gasteiger charge is -2.03. The second kappa shape index (κ2) is 2.45. The lowest BCUT2D eigenvalue weighted by molar-refractivity contribution is 0.329. The molecule has 0 N–H and O–H groups in total. The number of benzene rings is 1. The third-order valence-electron chi connectivity index (χ3n) is 2.03. The summed E-state index contributed by atoms with van der Waals surface area (Å²) in [6.07, 6.45) is 0. The smallest absolute Gasteiger partial charge is 0.114 e. The van der Waals surface area contributed by atoms with Crippen LogP contribution >= 0.6 is 22.6 Å². The highest BCUT2D eigenvalue weighted by atomic mass is 127. The maximum absolute atomic E-state index is 5.32.